The van der Waals surface area contributed by atoms with Crippen molar-refractivity contribution >= 4 is 39.1 Å². The topological polar surface area (TPSA) is 52.0 Å². The van der Waals surface area contributed by atoms with Gasteiger partial charge in [-0.25, -0.2) is 4.98 Å². The highest BCUT2D eigenvalue weighted by Gasteiger charge is 2.21. The molecule has 3 rings (SSSR count). The molecule has 0 aliphatic rings. The van der Waals surface area contributed by atoms with Crippen LogP contribution in [0.2, 0.25) is 0 Å². The molecule has 0 bridgehead atoms. The van der Waals surface area contributed by atoms with E-state index in [1.165, 1.54) is 23.1 Å². The number of aromatic nitrogens is 2. The number of rotatable bonds is 7. The van der Waals surface area contributed by atoms with Crippen molar-refractivity contribution < 1.29 is 4.79 Å². The standard InChI is InChI=1S/C21H22N2O2S2/c1-5-11-23-20(25)17-12-16(6-2)27-19(17)22-21(23)26-14(4)18(24)15-9-7-13(3)8-10-15/h5,7-10,12,14H,1,6,11H2,2-4H3/t14-/m1/s1. The van der Waals surface area contributed by atoms with Gasteiger partial charge in [0.25, 0.3) is 5.56 Å². The maximum atomic E-state index is 12.9. The number of fused-ring (bicyclic) bond motifs is 1. The molecule has 1 atom stereocenters. The molecule has 0 unspecified atom stereocenters. The lowest BCUT2D eigenvalue weighted by Crippen LogP contribution is -2.24. The van der Waals surface area contributed by atoms with Crippen LogP contribution in [-0.2, 0) is 13.0 Å². The molecule has 0 saturated carbocycles. The minimum Gasteiger partial charge on any atom is -0.293 e. The molecule has 0 saturated heterocycles. The molecule has 0 radical (unpaired) electrons. The summed E-state index contributed by atoms with van der Waals surface area (Å²) in [5.41, 5.74) is 1.71. The number of ketones is 1. The lowest BCUT2D eigenvalue weighted by Gasteiger charge is -2.14. The summed E-state index contributed by atoms with van der Waals surface area (Å²) in [6.07, 6.45) is 2.55. The first-order valence-corrected chi connectivity index (χ1v) is 10.6. The van der Waals surface area contributed by atoms with Crippen LogP contribution in [0.15, 0.2) is 52.9 Å². The van der Waals surface area contributed by atoms with E-state index < -0.39 is 0 Å². The molecule has 6 heteroatoms. The third-order valence-corrected chi connectivity index (χ3v) is 6.58. The molecule has 1 aromatic carbocycles. The summed E-state index contributed by atoms with van der Waals surface area (Å²) in [4.78, 5) is 32.2. The summed E-state index contributed by atoms with van der Waals surface area (Å²) in [5, 5.41) is 0.851. The summed E-state index contributed by atoms with van der Waals surface area (Å²) >= 11 is 2.86. The zero-order chi connectivity index (χ0) is 19.6. The molecule has 0 aliphatic heterocycles. The first kappa shape index (κ1) is 19.6. The van der Waals surface area contributed by atoms with Crippen LogP contribution in [0.25, 0.3) is 10.2 Å². The van der Waals surface area contributed by atoms with Crippen molar-refractivity contribution in [2.24, 2.45) is 0 Å². The SMILES string of the molecule is C=CCn1c(S[C@H](C)C(=O)c2ccc(C)cc2)nc2sc(CC)cc2c1=O. The summed E-state index contributed by atoms with van der Waals surface area (Å²) in [5.74, 6) is 0.0277. The average molecular weight is 399 g/mol. The van der Waals surface area contributed by atoms with Gasteiger partial charge >= 0.3 is 0 Å². The zero-order valence-corrected chi connectivity index (χ0v) is 17.3. The Kier molecular flexibility index (Phi) is 5.97. The highest BCUT2D eigenvalue weighted by molar-refractivity contribution is 8.00. The normalized spacial score (nSPS) is 12.3. The van der Waals surface area contributed by atoms with Gasteiger partial charge in [-0.05, 0) is 26.3 Å². The summed E-state index contributed by atoms with van der Waals surface area (Å²) < 4.78 is 1.60. The van der Waals surface area contributed by atoms with Gasteiger partial charge in [0.05, 0.1) is 10.6 Å². The predicted molar refractivity (Wildman–Crippen MR) is 114 cm³/mol. The van der Waals surface area contributed by atoms with Crippen LogP contribution in [-0.4, -0.2) is 20.6 Å². The second-order valence-corrected chi connectivity index (χ2v) is 8.80. The van der Waals surface area contributed by atoms with Gasteiger partial charge in [0, 0.05) is 17.0 Å². The van der Waals surface area contributed by atoms with Gasteiger partial charge in [0.15, 0.2) is 10.9 Å². The molecular formula is C21H22N2O2S2. The first-order chi connectivity index (χ1) is 12.9. The molecule has 140 valence electrons. The molecular weight excluding hydrogens is 376 g/mol. The van der Waals surface area contributed by atoms with E-state index in [0.29, 0.717) is 22.7 Å². The van der Waals surface area contributed by atoms with Crippen molar-refractivity contribution in [3.8, 4) is 0 Å². The number of nitrogens with zero attached hydrogens (tertiary/aromatic N) is 2. The maximum absolute atomic E-state index is 12.9. The average Bonchev–Trinajstić information content (AvgIpc) is 3.08. The van der Waals surface area contributed by atoms with Crippen LogP contribution in [0.4, 0.5) is 0 Å². The van der Waals surface area contributed by atoms with Gasteiger partial charge in [0.2, 0.25) is 0 Å². The number of hydrogen-bond acceptors (Lipinski definition) is 5. The fraction of sp³-hybridized carbons (Fsp3) is 0.286. The number of allylic oxidation sites excluding steroid dienone is 1. The smallest absolute Gasteiger partial charge is 0.263 e. The fourth-order valence-electron chi connectivity index (χ4n) is 2.77. The van der Waals surface area contributed by atoms with E-state index >= 15 is 0 Å². The molecule has 0 aliphatic carbocycles. The van der Waals surface area contributed by atoms with Crippen LogP contribution in [0, 0.1) is 6.92 Å². The van der Waals surface area contributed by atoms with E-state index in [1.807, 2.05) is 44.2 Å². The zero-order valence-electron chi connectivity index (χ0n) is 15.7. The molecule has 0 fully saturated rings. The molecule has 3 aromatic rings. The van der Waals surface area contributed by atoms with Crippen molar-refractivity contribution in [3.63, 3.8) is 0 Å². The van der Waals surface area contributed by atoms with E-state index in [-0.39, 0.29) is 16.6 Å². The number of carbonyl (C=O) groups is 1. The highest BCUT2D eigenvalue weighted by Crippen LogP contribution is 2.28. The molecule has 0 amide bonds. The molecule has 4 nitrogen and oxygen atoms in total. The number of carbonyl (C=O) groups excluding carboxylic acids is 1. The van der Waals surface area contributed by atoms with Crippen molar-refractivity contribution in [1.82, 2.24) is 9.55 Å². The van der Waals surface area contributed by atoms with E-state index in [0.717, 1.165) is 21.7 Å². The number of thioether (sulfide) groups is 1. The van der Waals surface area contributed by atoms with Crippen LogP contribution in [0.3, 0.4) is 0 Å². The number of hydrogen-bond donors (Lipinski definition) is 0. The van der Waals surface area contributed by atoms with Crippen LogP contribution < -0.4 is 5.56 Å². The van der Waals surface area contributed by atoms with E-state index in [1.54, 1.807) is 10.6 Å². The van der Waals surface area contributed by atoms with E-state index in [9.17, 15) is 9.59 Å². The van der Waals surface area contributed by atoms with E-state index in [2.05, 4.69) is 13.5 Å². The van der Waals surface area contributed by atoms with E-state index in [4.69, 9.17) is 4.98 Å². The maximum Gasteiger partial charge on any atom is 0.263 e. The minimum absolute atomic E-state index is 0.0277. The van der Waals surface area contributed by atoms with Crippen LogP contribution >= 0.6 is 23.1 Å². The van der Waals surface area contributed by atoms with Crippen molar-refractivity contribution in [1.29, 1.82) is 0 Å². The molecule has 0 spiro atoms. The molecule has 2 heterocycles. The Morgan fingerprint density at radius 1 is 1.37 bits per heavy atom. The second kappa shape index (κ2) is 8.23. The largest absolute Gasteiger partial charge is 0.293 e. The Balaban J connectivity index is 1.98. The first-order valence-electron chi connectivity index (χ1n) is 8.86. The van der Waals surface area contributed by atoms with Gasteiger partial charge in [-0.3, -0.25) is 14.2 Å². The Bertz CT molecular complexity index is 1050. The van der Waals surface area contributed by atoms with Gasteiger partial charge in [-0.1, -0.05) is 54.6 Å². The summed E-state index contributed by atoms with van der Waals surface area (Å²) in [6.45, 7) is 10.0. The second-order valence-electron chi connectivity index (χ2n) is 6.37. The minimum atomic E-state index is -0.348. The van der Waals surface area contributed by atoms with Crippen molar-refractivity contribution in [3.05, 3.63) is 69.3 Å². The Labute approximate surface area is 167 Å². The number of thiophene rings is 1. The number of benzene rings is 1. The van der Waals surface area contributed by atoms with Gasteiger partial charge in [-0.15, -0.1) is 17.9 Å². The third-order valence-electron chi connectivity index (χ3n) is 4.31. The van der Waals surface area contributed by atoms with Crippen molar-refractivity contribution in [2.75, 3.05) is 0 Å². The summed E-state index contributed by atoms with van der Waals surface area (Å²) in [6, 6.07) is 9.47. The lowest BCUT2D eigenvalue weighted by molar-refractivity contribution is 0.0994. The van der Waals surface area contributed by atoms with Gasteiger partial charge in [-0.2, -0.15) is 0 Å². The predicted octanol–water partition coefficient (Wildman–Crippen LogP) is 4.88. The van der Waals surface area contributed by atoms with Gasteiger partial charge in [0.1, 0.15) is 4.83 Å². The van der Waals surface area contributed by atoms with Crippen LogP contribution in [0.5, 0.6) is 0 Å². The Morgan fingerprint density at radius 2 is 2.07 bits per heavy atom. The monoisotopic (exact) mass is 398 g/mol. The molecule has 27 heavy (non-hydrogen) atoms. The number of aryl methyl sites for hydroxylation is 2. The Morgan fingerprint density at radius 3 is 2.70 bits per heavy atom. The fourth-order valence-corrected chi connectivity index (χ4v) is 4.77. The quantitative estimate of drug-likeness (QED) is 0.246. The van der Waals surface area contributed by atoms with Crippen LogP contribution in [0.1, 0.15) is 34.6 Å². The molecule has 2 aromatic heterocycles. The Hall–Kier alpha value is -2.18. The number of Topliss-reactive ketones (excluding diaryl/α,β-unsaturated/α-hetero) is 1. The molecule has 0 N–H and O–H groups in total. The van der Waals surface area contributed by atoms with Gasteiger partial charge < -0.3 is 0 Å². The lowest BCUT2D eigenvalue weighted by atomic mass is 10.1. The third kappa shape index (κ3) is 4.06. The summed E-state index contributed by atoms with van der Waals surface area (Å²) in [7, 11) is 0. The highest BCUT2D eigenvalue weighted by atomic mass is 32.2. The van der Waals surface area contributed by atoms with Crippen molar-refractivity contribution in [2.45, 2.75) is 44.1 Å².